The molecule has 1 aromatic carbocycles. The standard InChI is InChI=1S/C9H12F2N2O3S/c1-16-8-4-2-3-6(10)9(8)7(11)5-13-17(12,14)15/h2-4,7,13H,5H2,1H3,(H2,12,14,15). The van der Waals surface area contributed by atoms with E-state index in [9.17, 15) is 17.2 Å². The quantitative estimate of drug-likeness (QED) is 0.820. The number of hydrogen-bond acceptors (Lipinski definition) is 3. The average Bonchev–Trinajstić information content (AvgIpc) is 2.24. The zero-order valence-electron chi connectivity index (χ0n) is 8.98. The first-order valence-corrected chi connectivity index (χ1v) is 6.13. The summed E-state index contributed by atoms with van der Waals surface area (Å²) in [6.45, 7) is -0.657. The van der Waals surface area contributed by atoms with Crippen LogP contribution < -0.4 is 14.6 Å². The van der Waals surface area contributed by atoms with Crippen LogP contribution in [-0.4, -0.2) is 22.1 Å². The number of alkyl halides is 1. The minimum Gasteiger partial charge on any atom is -0.496 e. The number of benzene rings is 1. The van der Waals surface area contributed by atoms with E-state index >= 15 is 0 Å². The van der Waals surface area contributed by atoms with Crippen molar-refractivity contribution in [2.75, 3.05) is 13.7 Å². The largest absolute Gasteiger partial charge is 0.496 e. The summed E-state index contributed by atoms with van der Waals surface area (Å²) in [6.07, 6.45) is -1.88. The molecule has 0 saturated carbocycles. The predicted octanol–water partition coefficient (Wildman–Crippen LogP) is 0.638. The lowest BCUT2D eigenvalue weighted by Crippen LogP contribution is -2.33. The molecule has 0 bridgehead atoms. The van der Waals surface area contributed by atoms with Crippen LogP contribution in [-0.2, 0) is 10.2 Å². The Morgan fingerprint density at radius 3 is 2.71 bits per heavy atom. The zero-order valence-corrected chi connectivity index (χ0v) is 9.80. The van der Waals surface area contributed by atoms with Gasteiger partial charge < -0.3 is 4.74 Å². The van der Waals surface area contributed by atoms with E-state index in [2.05, 4.69) is 5.14 Å². The van der Waals surface area contributed by atoms with Crippen LogP contribution in [0.2, 0.25) is 0 Å². The molecule has 0 radical (unpaired) electrons. The Morgan fingerprint density at radius 1 is 1.53 bits per heavy atom. The van der Waals surface area contributed by atoms with E-state index in [4.69, 9.17) is 4.74 Å². The first kappa shape index (κ1) is 13.8. The van der Waals surface area contributed by atoms with E-state index in [-0.39, 0.29) is 11.3 Å². The number of methoxy groups -OCH3 is 1. The number of nitrogens with two attached hydrogens (primary N) is 1. The van der Waals surface area contributed by atoms with Crippen molar-refractivity contribution in [3.05, 3.63) is 29.6 Å². The fourth-order valence-corrected chi connectivity index (χ4v) is 1.67. The van der Waals surface area contributed by atoms with Crippen molar-refractivity contribution in [3.63, 3.8) is 0 Å². The highest BCUT2D eigenvalue weighted by molar-refractivity contribution is 7.87. The highest BCUT2D eigenvalue weighted by Gasteiger charge is 2.21. The molecular weight excluding hydrogens is 254 g/mol. The molecule has 1 unspecified atom stereocenters. The van der Waals surface area contributed by atoms with Gasteiger partial charge in [0.2, 0.25) is 0 Å². The van der Waals surface area contributed by atoms with Gasteiger partial charge in [-0.05, 0) is 12.1 Å². The van der Waals surface area contributed by atoms with Crippen LogP contribution in [0.1, 0.15) is 11.7 Å². The molecule has 17 heavy (non-hydrogen) atoms. The molecule has 0 fully saturated rings. The average molecular weight is 266 g/mol. The number of ether oxygens (including phenoxy) is 1. The number of hydrogen-bond donors (Lipinski definition) is 2. The van der Waals surface area contributed by atoms with Gasteiger partial charge in [-0.3, -0.25) is 0 Å². The van der Waals surface area contributed by atoms with Gasteiger partial charge in [0.25, 0.3) is 10.2 Å². The van der Waals surface area contributed by atoms with Crippen LogP contribution in [0.15, 0.2) is 18.2 Å². The van der Waals surface area contributed by atoms with Crippen LogP contribution in [0.4, 0.5) is 8.78 Å². The van der Waals surface area contributed by atoms with Gasteiger partial charge in [-0.15, -0.1) is 0 Å². The van der Waals surface area contributed by atoms with E-state index in [1.165, 1.54) is 19.2 Å². The Balaban J connectivity index is 2.92. The van der Waals surface area contributed by atoms with Gasteiger partial charge >= 0.3 is 0 Å². The maximum Gasteiger partial charge on any atom is 0.274 e. The monoisotopic (exact) mass is 266 g/mol. The van der Waals surface area contributed by atoms with Crippen molar-refractivity contribution in [3.8, 4) is 5.75 Å². The van der Waals surface area contributed by atoms with Gasteiger partial charge in [0.15, 0.2) is 0 Å². The third-order valence-corrected chi connectivity index (χ3v) is 2.58. The first-order chi connectivity index (χ1) is 7.85. The number of halogens is 2. The van der Waals surface area contributed by atoms with Crippen molar-refractivity contribution in [1.29, 1.82) is 0 Å². The Bertz CT molecular complexity index is 493. The molecule has 1 rings (SSSR count). The first-order valence-electron chi connectivity index (χ1n) is 4.59. The SMILES string of the molecule is COc1cccc(F)c1C(F)CNS(N)(=O)=O. The number of rotatable bonds is 5. The van der Waals surface area contributed by atoms with Gasteiger partial charge in [0.05, 0.1) is 12.7 Å². The molecule has 3 N–H and O–H groups in total. The third kappa shape index (κ3) is 3.91. The van der Waals surface area contributed by atoms with Crippen molar-refractivity contribution < 1.29 is 21.9 Å². The molecule has 0 spiro atoms. The molecule has 0 heterocycles. The Morgan fingerprint density at radius 2 is 2.18 bits per heavy atom. The molecule has 1 aromatic rings. The zero-order chi connectivity index (χ0) is 13.1. The van der Waals surface area contributed by atoms with Gasteiger partial charge in [-0.1, -0.05) is 6.07 Å². The van der Waals surface area contributed by atoms with Crippen molar-refractivity contribution in [1.82, 2.24) is 4.72 Å². The van der Waals surface area contributed by atoms with E-state index in [1.54, 1.807) is 4.72 Å². The molecular formula is C9H12F2N2O3S. The van der Waals surface area contributed by atoms with E-state index in [1.807, 2.05) is 0 Å². The normalized spacial score (nSPS) is 13.4. The fraction of sp³-hybridized carbons (Fsp3) is 0.333. The molecule has 1 atom stereocenters. The molecule has 0 aromatic heterocycles. The van der Waals surface area contributed by atoms with Crippen LogP contribution in [0.25, 0.3) is 0 Å². The summed E-state index contributed by atoms with van der Waals surface area (Å²) < 4.78 is 54.8. The molecule has 0 aliphatic rings. The van der Waals surface area contributed by atoms with Crippen LogP contribution in [0.5, 0.6) is 5.75 Å². The summed E-state index contributed by atoms with van der Waals surface area (Å²) in [6, 6.07) is 3.79. The summed E-state index contributed by atoms with van der Waals surface area (Å²) in [7, 11) is -2.75. The Labute approximate surface area is 97.8 Å². The molecule has 0 amide bonds. The van der Waals surface area contributed by atoms with Gasteiger partial charge in [0.1, 0.15) is 17.7 Å². The third-order valence-electron chi connectivity index (χ3n) is 2.01. The molecule has 0 aliphatic heterocycles. The van der Waals surface area contributed by atoms with Gasteiger partial charge in [-0.2, -0.15) is 13.1 Å². The molecule has 0 aliphatic carbocycles. The lowest BCUT2D eigenvalue weighted by molar-refractivity contribution is 0.312. The van der Waals surface area contributed by atoms with Crippen molar-refractivity contribution >= 4 is 10.2 Å². The summed E-state index contributed by atoms with van der Waals surface area (Å²) in [5.74, 6) is -0.804. The molecule has 8 heteroatoms. The van der Waals surface area contributed by atoms with Crippen molar-refractivity contribution in [2.45, 2.75) is 6.17 Å². The van der Waals surface area contributed by atoms with Gasteiger partial charge in [0, 0.05) is 6.54 Å². The summed E-state index contributed by atoms with van der Waals surface area (Å²) in [5.41, 5.74) is -0.342. The van der Waals surface area contributed by atoms with Crippen LogP contribution in [0, 0.1) is 5.82 Å². The van der Waals surface area contributed by atoms with Crippen LogP contribution >= 0.6 is 0 Å². The van der Waals surface area contributed by atoms with E-state index < -0.39 is 28.7 Å². The minimum absolute atomic E-state index is 0.00807. The second-order valence-corrected chi connectivity index (χ2v) is 4.60. The number of nitrogens with one attached hydrogen (secondary N) is 1. The Hall–Kier alpha value is -1.25. The highest BCUT2D eigenvalue weighted by Crippen LogP contribution is 2.29. The summed E-state index contributed by atoms with van der Waals surface area (Å²) in [4.78, 5) is 0. The predicted molar refractivity (Wildman–Crippen MR) is 57.9 cm³/mol. The second-order valence-electron chi connectivity index (χ2n) is 3.22. The summed E-state index contributed by atoms with van der Waals surface area (Å²) in [5, 5.41) is 4.64. The summed E-state index contributed by atoms with van der Waals surface area (Å²) >= 11 is 0. The topological polar surface area (TPSA) is 81.4 Å². The van der Waals surface area contributed by atoms with Gasteiger partial charge in [-0.25, -0.2) is 13.9 Å². The second kappa shape index (κ2) is 5.39. The maximum absolute atomic E-state index is 13.7. The Kier molecular flexibility index (Phi) is 4.38. The van der Waals surface area contributed by atoms with E-state index in [0.29, 0.717) is 0 Å². The molecule has 96 valence electrons. The minimum atomic E-state index is -4.01. The molecule has 5 nitrogen and oxygen atoms in total. The van der Waals surface area contributed by atoms with Crippen LogP contribution in [0.3, 0.4) is 0 Å². The van der Waals surface area contributed by atoms with E-state index in [0.717, 1.165) is 6.07 Å². The smallest absolute Gasteiger partial charge is 0.274 e. The lowest BCUT2D eigenvalue weighted by atomic mass is 10.1. The van der Waals surface area contributed by atoms with Crippen molar-refractivity contribution in [2.24, 2.45) is 5.14 Å². The lowest BCUT2D eigenvalue weighted by Gasteiger charge is -2.13. The molecule has 0 saturated heterocycles. The fourth-order valence-electron chi connectivity index (χ4n) is 1.29. The maximum atomic E-state index is 13.7. The highest BCUT2D eigenvalue weighted by atomic mass is 32.2.